The second-order valence-corrected chi connectivity index (χ2v) is 7.18. The Morgan fingerprint density at radius 2 is 1.82 bits per heavy atom. The van der Waals surface area contributed by atoms with E-state index in [0.717, 1.165) is 0 Å². The topological polar surface area (TPSA) is 92.0 Å². The van der Waals surface area contributed by atoms with E-state index in [-0.39, 0.29) is 5.58 Å². The van der Waals surface area contributed by atoms with E-state index in [1.807, 2.05) is 0 Å². The number of allylic oxidation sites excluding steroid dienone is 1. The summed E-state index contributed by atoms with van der Waals surface area (Å²) < 4.78 is 22.6. The molecule has 0 bridgehead atoms. The summed E-state index contributed by atoms with van der Waals surface area (Å²) in [6, 6.07) is 6.40. The first-order chi connectivity index (χ1) is 13.1. The van der Waals surface area contributed by atoms with Crippen LogP contribution in [-0.2, 0) is 19.1 Å². The highest BCUT2D eigenvalue weighted by Gasteiger charge is 2.50. The lowest BCUT2D eigenvalue weighted by Gasteiger charge is -2.33. The maximum atomic E-state index is 12.5. The van der Waals surface area contributed by atoms with Crippen molar-refractivity contribution in [1.29, 1.82) is 0 Å². The van der Waals surface area contributed by atoms with Crippen molar-refractivity contribution >= 4 is 22.9 Å². The second kappa shape index (κ2) is 7.14. The molecule has 0 spiro atoms. The van der Waals surface area contributed by atoms with Crippen LogP contribution in [0.2, 0.25) is 0 Å². The van der Waals surface area contributed by atoms with Gasteiger partial charge in [-0.2, -0.15) is 0 Å². The third-order valence-corrected chi connectivity index (χ3v) is 4.68. The summed E-state index contributed by atoms with van der Waals surface area (Å²) in [5.74, 6) is -0.624. The summed E-state index contributed by atoms with van der Waals surface area (Å²) in [4.78, 5) is 35.9. The van der Waals surface area contributed by atoms with Crippen LogP contribution in [-0.4, -0.2) is 23.6 Å². The average Bonchev–Trinajstić information content (AvgIpc) is 2.99. The molecule has 7 heteroatoms. The minimum atomic E-state index is -1.11. The molecule has 2 aromatic rings. The molecule has 7 nitrogen and oxygen atoms in total. The quantitative estimate of drug-likeness (QED) is 0.451. The lowest BCUT2D eigenvalue weighted by molar-refractivity contribution is -0.174. The first kappa shape index (κ1) is 19.7. The SMILES string of the molecule is CC=C(C)C(=O)OC1c2c(ccc3ccc(=O)oc23)OC1C(C)(C)OC(C)=O. The number of esters is 2. The summed E-state index contributed by atoms with van der Waals surface area (Å²) >= 11 is 0. The normalized spacial score (nSPS) is 19.1. The third kappa shape index (κ3) is 3.52. The molecule has 0 saturated heterocycles. The Kier molecular flexibility index (Phi) is 5.02. The Morgan fingerprint density at radius 1 is 1.14 bits per heavy atom. The molecule has 28 heavy (non-hydrogen) atoms. The van der Waals surface area contributed by atoms with Crippen LogP contribution in [0, 0.1) is 0 Å². The highest BCUT2D eigenvalue weighted by molar-refractivity contribution is 5.89. The van der Waals surface area contributed by atoms with Crippen LogP contribution in [0.15, 0.2) is 45.1 Å². The van der Waals surface area contributed by atoms with Gasteiger partial charge in [-0.05, 0) is 45.9 Å². The van der Waals surface area contributed by atoms with E-state index in [1.165, 1.54) is 13.0 Å². The first-order valence-electron chi connectivity index (χ1n) is 8.91. The van der Waals surface area contributed by atoms with Crippen LogP contribution in [0.25, 0.3) is 11.0 Å². The van der Waals surface area contributed by atoms with Gasteiger partial charge in [0.2, 0.25) is 0 Å². The number of carbonyl (C=O) groups is 2. The van der Waals surface area contributed by atoms with Gasteiger partial charge in [-0.25, -0.2) is 9.59 Å². The fraction of sp³-hybridized carbons (Fsp3) is 0.381. The molecule has 148 valence electrons. The zero-order valence-electron chi connectivity index (χ0n) is 16.4. The van der Waals surface area contributed by atoms with E-state index in [2.05, 4.69) is 0 Å². The van der Waals surface area contributed by atoms with Crippen LogP contribution < -0.4 is 10.4 Å². The Labute approximate surface area is 161 Å². The van der Waals surface area contributed by atoms with Crippen molar-refractivity contribution in [2.45, 2.75) is 52.4 Å². The van der Waals surface area contributed by atoms with Crippen molar-refractivity contribution < 1.29 is 28.2 Å². The summed E-state index contributed by atoms with van der Waals surface area (Å²) in [6.07, 6.45) is -0.119. The number of hydrogen-bond acceptors (Lipinski definition) is 7. The maximum Gasteiger partial charge on any atom is 0.336 e. The predicted octanol–water partition coefficient (Wildman–Crippen LogP) is 3.45. The Bertz CT molecular complexity index is 1030. The third-order valence-electron chi connectivity index (χ3n) is 4.68. The van der Waals surface area contributed by atoms with Crippen molar-refractivity contribution in [1.82, 2.24) is 0 Å². The van der Waals surface area contributed by atoms with Crippen LogP contribution in [0.4, 0.5) is 0 Å². The molecular formula is C21H22O7. The van der Waals surface area contributed by atoms with Gasteiger partial charge in [-0.1, -0.05) is 6.08 Å². The molecule has 0 aliphatic carbocycles. The van der Waals surface area contributed by atoms with Crippen molar-refractivity contribution in [3.63, 3.8) is 0 Å². The zero-order chi connectivity index (χ0) is 20.6. The standard InChI is InChI=1S/C21H22O7/c1-6-11(2)20(24)27-18-16-14(25-19(18)21(4,5)28-12(3)22)9-7-13-8-10-15(23)26-17(13)16/h6-10,18-19H,1-5H3. The molecule has 3 rings (SSSR count). The van der Waals surface area contributed by atoms with Gasteiger partial charge in [0, 0.05) is 23.9 Å². The molecular weight excluding hydrogens is 364 g/mol. The molecule has 1 aromatic heterocycles. The minimum absolute atomic E-state index is 0.280. The van der Waals surface area contributed by atoms with E-state index < -0.39 is 35.4 Å². The molecule has 2 unspecified atom stereocenters. The highest BCUT2D eigenvalue weighted by Crippen LogP contribution is 2.47. The second-order valence-electron chi connectivity index (χ2n) is 7.18. The minimum Gasteiger partial charge on any atom is -0.481 e. The molecule has 0 fully saturated rings. The zero-order valence-corrected chi connectivity index (χ0v) is 16.4. The molecule has 0 radical (unpaired) electrons. The van der Waals surface area contributed by atoms with E-state index in [4.69, 9.17) is 18.6 Å². The van der Waals surface area contributed by atoms with E-state index in [1.54, 1.807) is 52.0 Å². The first-order valence-corrected chi connectivity index (χ1v) is 8.91. The molecule has 0 N–H and O–H groups in total. The van der Waals surface area contributed by atoms with Crippen molar-refractivity contribution in [2.75, 3.05) is 0 Å². The van der Waals surface area contributed by atoms with Crippen molar-refractivity contribution in [3.8, 4) is 5.75 Å². The van der Waals surface area contributed by atoms with Gasteiger partial charge in [-0.15, -0.1) is 0 Å². The molecule has 0 amide bonds. The number of fused-ring (bicyclic) bond motifs is 3. The van der Waals surface area contributed by atoms with Crippen LogP contribution in [0.1, 0.15) is 46.3 Å². The van der Waals surface area contributed by atoms with Gasteiger partial charge in [0.15, 0.2) is 12.2 Å². The Hall–Kier alpha value is -3.09. The van der Waals surface area contributed by atoms with Gasteiger partial charge in [0.1, 0.15) is 16.9 Å². The molecule has 2 atom stereocenters. The summed E-state index contributed by atoms with van der Waals surface area (Å²) in [6.45, 7) is 8.00. The van der Waals surface area contributed by atoms with Gasteiger partial charge >= 0.3 is 17.6 Å². The lowest BCUT2D eigenvalue weighted by atomic mass is 9.93. The molecule has 1 aromatic carbocycles. The average molecular weight is 386 g/mol. The molecule has 1 aliphatic heterocycles. The number of hydrogen-bond donors (Lipinski definition) is 0. The lowest BCUT2D eigenvalue weighted by Crippen LogP contribution is -2.46. The van der Waals surface area contributed by atoms with E-state index in [0.29, 0.717) is 22.3 Å². The fourth-order valence-electron chi connectivity index (χ4n) is 3.24. The van der Waals surface area contributed by atoms with E-state index in [9.17, 15) is 14.4 Å². The summed E-state index contributed by atoms with van der Waals surface area (Å²) in [7, 11) is 0. The Balaban J connectivity index is 2.16. The van der Waals surface area contributed by atoms with Crippen LogP contribution >= 0.6 is 0 Å². The largest absolute Gasteiger partial charge is 0.481 e. The number of carbonyl (C=O) groups excluding carboxylic acids is 2. The fourth-order valence-corrected chi connectivity index (χ4v) is 3.24. The number of benzene rings is 1. The molecule has 1 aliphatic rings. The van der Waals surface area contributed by atoms with Gasteiger partial charge in [-0.3, -0.25) is 4.79 Å². The summed E-state index contributed by atoms with van der Waals surface area (Å²) in [5, 5.41) is 0.664. The summed E-state index contributed by atoms with van der Waals surface area (Å²) in [5.41, 5.74) is -0.502. The van der Waals surface area contributed by atoms with Crippen molar-refractivity contribution in [2.24, 2.45) is 0 Å². The van der Waals surface area contributed by atoms with Crippen molar-refractivity contribution in [3.05, 3.63) is 51.9 Å². The molecule has 2 heterocycles. The predicted molar refractivity (Wildman–Crippen MR) is 101 cm³/mol. The van der Waals surface area contributed by atoms with Gasteiger partial charge in [0.25, 0.3) is 0 Å². The number of ether oxygens (including phenoxy) is 3. The maximum absolute atomic E-state index is 12.5. The molecule has 0 saturated carbocycles. The monoisotopic (exact) mass is 386 g/mol. The van der Waals surface area contributed by atoms with E-state index >= 15 is 0 Å². The van der Waals surface area contributed by atoms with Crippen LogP contribution in [0.5, 0.6) is 5.75 Å². The highest BCUT2D eigenvalue weighted by atomic mass is 16.6. The Morgan fingerprint density at radius 3 is 2.46 bits per heavy atom. The smallest absolute Gasteiger partial charge is 0.336 e. The van der Waals surface area contributed by atoms with Gasteiger partial charge < -0.3 is 18.6 Å². The number of rotatable bonds is 4. The van der Waals surface area contributed by atoms with Gasteiger partial charge in [0.05, 0.1) is 5.56 Å². The van der Waals surface area contributed by atoms with Crippen LogP contribution in [0.3, 0.4) is 0 Å².